The van der Waals surface area contributed by atoms with E-state index in [2.05, 4.69) is 28.3 Å². The number of benzene rings is 2. The van der Waals surface area contributed by atoms with Crippen LogP contribution in [0.5, 0.6) is 0 Å². The van der Waals surface area contributed by atoms with E-state index in [1.807, 2.05) is 42.6 Å². The van der Waals surface area contributed by atoms with Gasteiger partial charge in [-0.3, -0.25) is 15.1 Å². The maximum atomic E-state index is 12.3. The zero-order valence-corrected chi connectivity index (χ0v) is 14.4. The number of pyridine rings is 1. The van der Waals surface area contributed by atoms with Gasteiger partial charge in [-0.05, 0) is 48.4 Å². The van der Waals surface area contributed by atoms with E-state index in [1.54, 1.807) is 18.3 Å². The average Bonchev–Trinajstić information content (AvgIpc) is 3.04. The van der Waals surface area contributed by atoms with Crippen molar-refractivity contribution in [2.24, 2.45) is 0 Å². The summed E-state index contributed by atoms with van der Waals surface area (Å²) in [6.45, 7) is 2.07. The first-order valence-corrected chi connectivity index (χ1v) is 8.70. The van der Waals surface area contributed by atoms with E-state index in [0.29, 0.717) is 10.7 Å². The molecule has 0 unspecified atom stereocenters. The monoisotopic (exact) mass is 345 g/mol. The maximum absolute atomic E-state index is 12.3. The summed E-state index contributed by atoms with van der Waals surface area (Å²) in [4.78, 5) is 21.0. The second kappa shape index (κ2) is 6.45. The van der Waals surface area contributed by atoms with Crippen LogP contribution in [0.15, 0.2) is 67.0 Å². The molecule has 0 aliphatic carbocycles. The third-order valence-electron chi connectivity index (χ3n) is 3.99. The first-order chi connectivity index (χ1) is 12.2. The molecule has 0 spiro atoms. The van der Waals surface area contributed by atoms with Gasteiger partial charge in [0.25, 0.3) is 5.91 Å². The molecule has 4 nitrogen and oxygen atoms in total. The van der Waals surface area contributed by atoms with Gasteiger partial charge in [-0.2, -0.15) is 0 Å². The van der Waals surface area contributed by atoms with Crippen molar-refractivity contribution in [3.05, 3.63) is 78.1 Å². The highest BCUT2D eigenvalue weighted by molar-refractivity contribution is 7.22. The molecular weight excluding hydrogens is 330 g/mol. The standard InChI is InChI=1S/C20H15N3OS/c1-13-9-10-21-12-16(13)15-7-8-17-18(11-15)25-20(22-17)23-19(24)14-5-3-2-4-6-14/h2-12H,1H3,(H,22,23,24). The van der Waals surface area contributed by atoms with E-state index in [4.69, 9.17) is 0 Å². The van der Waals surface area contributed by atoms with Crippen LogP contribution in [0.2, 0.25) is 0 Å². The number of hydrogen-bond donors (Lipinski definition) is 1. The highest BCUT2D eigenvalue weighted by Crippen LogP contribution is 2.31. The third-order valence-corrected chi connectivity index (χ3v) is 4.93. The lowest BCUT2D eigenvalue weighted by Gasteiger charge is -2.04. The van der Waals surface area contributed by atoms with E-state index in [9.17, 15) is 4.79 Å². The van der Waals surface area contributed by atoms with E-state index in [0.717, 1.165) is 21.3 Å². The highest BCUT2D eigenvalue weighted by atomic mass is 32.1. The quantitative estimate of drug-likeness (QED) is 0.573. The lowest BCUT2D eigenvalue weighted by molar-refractivity contribution is 0.102. The topological polar surface area (TPSA) is 54.9 Å². The summed E-state index contributed by atoms with van der Waals surface area (Å²) < 4.78 is 1.03. The van der Waals surface area contributed by atoms with E-state index >= 15 is 0 Å². The molecule has 2 heterocycles. The molecule has 2 aromatic heterocycles. The van der Waals surface area contributed by atoms with Crippen molar-refractivity contribution in [1.82, 2.24) is 9.97 Å². The van der Waals surface area contributed by atoms with Crippen LogP contribution in [0.1, 0.15) is 15.9 Å². The third kappa shape index (κ3) is 3.14. The number of carbonyl (C=O) groups is 1. The minimum Gasteiger partial charge on any atom is -0.298 e. The van der Waals surface area contributed by atoms with Crippen LogP contribution in [-0.4, -0.2) is 15.9 Å². The highest BCUT2D eigenvalue weighted by Gasteiger charge is 2.11. The van der Waals surface area contributed by atoms with Gasteiger partial charge >= 0.3 is 0 Å². The fourth-order valence-electron chi connectivity index (χ4n) is 2.67. The molecule has 5 heteroatoms. The molecule has 0 aliphatic heterocycles. The molecule has 25 heavy (non-hydrogen) atoms. The number of aromatic nitrogens is 2. The molecule has 0 saturated heterocycles. The van der Waals surface area contributed by atoms with Gasteiger partial charge in [0.05, 0.1) is 10.2 Å². The number of amides is 1. The van der Waals surface area contributed by atoms with Crippen molar-refractivity contribution < 1.29 is 4.79 Å². The Bertz CT molecular complexity index is 1060. The van der Waals surface area contributed by atoms with E-state index in [-0.39, 0.29) is 5.91 Å². The van der Waals surface area contributed by atoms with E-state index in [1.165, 1.54) is 16.9 Å². The predicted molar refractivity (Wildman–Crippen MR) is 102 cm³/mol. The van der Waals surface area contributed by atoms with Gasteiger partial charge in [0, 0.05) is 23.5 Å². The Kier molecular flexibility index (Phi) is 3.99. The van der Waals surface area contributed by atoms with Crippen LogP contribution in [0.4, 0.5) is 5.13 Å². The Labute approximate surface area is 149 Å². The van der Waals surface area contributed by atoms with Crippen LogP contribution in [0.3, 0.4) is 0 Å². The minimum atomic E-state index is -0.150. The van der Waals surface area contributed by atoms with Crippen molar-refractivity contribution in [1.29, 1.82) is 0 Å². The summed E-state index contributed by atoms with van der Waals surface area (Å²) in [5.74, 6) is -0.150. The van der Waals surface area contributed by atoms with Crippen LogP contribution in [0, 0.1) is 6.92 Å². The van der Waals surface area contributed by atoms with Gasteiger partial charge in [-0.25, -0.2) is 4.98 Å². The van der Waals surface area contributed by atoms with E-state index < -0.39 is 0 Å². The Balaban J connectivity index is 1.65. The lowest BCUT2D eigenvalue weighted by Crippen LogP contribution is -2.11. The largest absolute Gasteiger partial charge is 0.298 e. The Morgan fingerprint density at radius 2 is 1.92 bits per heavy atom. The molecule has 122 valence electrons. The zero-order chi connectivity index (χ0) is 17.2. The molecule has 2 aromatic carbocycles. The molecule has 0 bridgehead atoms. The molecule has 1 amide bonds. The van der Waals surface area contributed by atoms with Crippen molar-refractivity contribution in [3.63, 3.8) is 0 Å². The summed E-state index contributed by atoms with van der Waals surface area (Å²) in [5, 5.41) is 3.48. The maximum Gasteiger partial charge on any atom is 0.257 e. The molecule has 4 rings (SSSR count). The summed E-state index contributed by atoms with van der Waals surface area (Å²) in [7, 11) is 0. The van der Waals surface area contributed by atoms with Gasteiger partial charge in [0.2, 0.25) is 0 Å². The number of aryl methyl sites for hydroxylation is 1. The van der Waals surface area contributed by atoms with Crippen LogP contribution < -0.4 is 5.32 Å². The van der Waals surface area contributed by atoms with Crippen LogP contribution in [-0.2, 0) is 0 Å². The first-order valence-electron chi connectivity index (χ1n) is 7.89. The Morgan fingerprint density at radius 1 is 1.08 bits per heavy atom. The molecule has 0 atom stereocenters. The first kappa shape index (κ1) is 15.5. The Morgan fingerprint density at radius 3 is 2.72 bits per heavy atom. The number of nitrogens with one attached hydrogen (secondary N) is 1. The second-order valence-corrected chi connectivity index (χ2v) is 6.74. The molecule has 1 N–H and O–H groups in total. The summed E-state index contributed by atoms with van der Waals surface area (Å²) in [6, 6.07) is 17.2. The molecular formula is C20H15N3OS. The Hall–Kier alpha value is -3.05. The summed E-state index contributed by atoms with van der Waals surface area (Å²) in [5.41, 5.74) is 4.87. The number of hydrogen-bond acceptors (Lipinski definition) is 4. The fraction of sp³-hybridized carbons (Fsp3) is 0.0500. The molecule has 4 aromatic rings. The van der Waals surface area contributed by atoms with Crippen molar-refractivity contribution in [3.8, 4) is 11.1 Å². The predicted octanol–water partition coefficient (Wildman–Crippen LogP) is 4.92. The fourth-order valence-corrected chi connectivity index (χ4v) is 3.57. The van der Waals surface area contributed by atoms with Crippen molar-refractivity contribution >= 4 is 32.6 Å². The number of anilines is 1. The molecule has 0 aliphatic rings. The van der Waals surface area contributed by atoms with Gasteiger partial charge in [0.15, 0.2) is 5.13 Å². The van der Waals surface area contributed by atoms with Crippen molar-refractivity contribution in [2.75, 3.05) is 5.32 Å². The average molecular weight is 345 g/mol. The number of nitrogens with zero attached hydrogens (tertiary/aromatic N) is 2. The molecule has 0 fully saturated rings. The van der Waals surface area contributed by atoms with Gasteiger partial charge in [-0.1, -0.05) is 35.6 Å². The number of carbonyl (C=O) groups excluding carboxylic acids is 1. The van der Waals surface area contributed by atoms with Crippen molar-refractivity contribution in [2.45, 2.75) is 6.92 Å². The lowest BCUT2D eigenvalue weighted by atomic mass is 10.0. The summed E-state index contributed by atoms with van der Waals surface area (Å²) in [6.07, 6.45) is 3.66. The van der Waals surface area contributed by atoms with Gasteiger partial charge in [0.1, 0.15) is 0 Å². The SMILES string of the molecule is Cc1ccncc1-c1ccc2nc(NC(=O)c3ccccc3)sc2c1. The minimum absolute atomic E-state index is 0.150. The molecule has 0 saturated carbocycles. The number of fused-ring (bicyclic) bond motifs is 1. The summed E-state index contributed by atoms with van der Waals surface area (Å²) >= 11 is 1.47. The van der Waals surface area contributed by atoms with Gasteiger partial charge < -0.3 is 0 Å². The smallest absolute Gasteiger partial charge is 0.257 e. The van der Waals surface area contributed by atoms with Gasteiger partial charge in [-0.15, -0.1) is 0 Å². The zero-order valence-electron chi connectivity index (χ0n) is 13.6. The number of rotatable bonds is 3. The molecule has 0 radical (unpaired) electrons. The van der Waals surface area contributed by atoms with Crippen LogP contribution >= 0.6 is 11.3 Å². The second-order valence-electron chi connectivity index (χ2n) is 5.71. The normalized spacial score (nSPS) is 10.8. The number of thiazole rings is 1. The van der Waals surface area contributed by atoms with Crippen LogP contribution in [0.25, 0.3) is 21.3 Å².